The molecule has 0 saturated heterocycles. The second-order valence-electron chi connectivity index (χ2n) is 6.22. The Labute approximate surface area is 162 Å². The summed E-state index contributed by atoms with van der Waals surface area (Å²) in [5.41, 5.74) is 2.98. The molecule has 0 aliphatic carbocycles. The molecule has 0 spiro atoms. The summed E-state index contributed by atoms with van der Waals surface area (Å²) in [5.74, 6) is 0.681. The first-order chi connectivity index (χ1) is 12.5. The maximum absolute atomic E-state index is 12.8. The van der Waals surface area contributed by atoms with Crippen molar-refractivity contribution >= 4 is 39.3 Å². The molecule has 3 rings (SSSR count). The number of para-hydroxylation sites is 1. The molecule has 0 fully saturated rings. The summed E-state index contributed by atoms with van der Waals surface area (Å²) in [5, 5.41) is 5.84. The van der Waals surface area contributed by atoms with Crippen LogP contribution in [0.4, 0.5) is 5.69 Å². The monoisotopic (exact) mass is 412 g/mol. The third-order valence-electron chi connectivity index (χ3n) is 4.23. The first kappa shape index (κ1) is 18.4. The van der Waals surface area contributed by atoms with Crippen molar-refractivity contribution in [2.24, 2.45) is 5.10 Å². The van der Waals surface area contributed by atoms with Crippen molar-refractivity contribution in [3.05, 3.63) is 64.1 Å². The van der Waals surface area contributed by atoms with Gasteiger partial charge in [0.15, 0.2) is 0 Å². The van der Waals surface area contributed by atoms with Crippen LogP contribution in [0.1, 0.15) is 32.8 Å². The van der Waals surface area contributed by atoms with Gasteiger partial charge in [0.1, 0.15) is 5.75 Å². The van der Waals surface area contributed by atoms with E-state index >= 15 is 0 Å². The summed E-state index contributed by atoms with van der Waals surface area (Å²) in [6.07, 6.45) is 2.96. The van der Waals surface area contributed by atoms with Gasteiger partial charge in [-0.05, 0) is 72.1 Å². The van der Waals surface area contributed by atoms with E-state index in [1.54, 1.807) is 0 Å². The Morgan fingerprint density at radius 2 is 1.96 bits per heavy atom. The predicted molar refractivity (Wildman–Crippen MR) is 110 cm³/mol. The third-order valence-corrected chi connectivity index (χ3v) is 4.85. The first-order valence-corrected chi connectivity index (χ1v) is 9.42. The minimum absolute atomic E-state index is 0.121. The zero-order chi connectivity index (χ0) is 18.7. The van der Waals surface area contributed by atoms with Gasteiger partial charge in [-0.1, -0.05) is 31.2 Å². The molecule has 1 unspecified atom stereocenters. The van der Waals surface area contributed by atoms with Gasteiger partial charge in [0, 0.05) is 0 Å². The van der Waals surface area contributed by atoms with Crippen molar-refractivity contribution < 1.29 is 9.53 Å². The lowest BCUT2D eigenvalue weighted by molar-refractivity contribution is -0.114. The summed E-state index contributed by atoms with van der Waals surface area (Å²) < 4.78 is 6.74. The van der Waals surface area contributed by atoms with Crippen molar-refractivity contribution in [3.8, 4) is 5.75 Å². The molecule has 1 atom stereocenters. The van der Waals surface area contributed by atoms with Crippen LogP contribution in [0.2, 0.25) is 0 Å². The van der Waals surface area contributed by atoms with Gasteiger partial charge in [0.25, 0.3) is 5.91 Å². The largest absolute Gasteiger partial charge is 0.490 e. The number of benzene rings is 2. The number of nitrogens with zero attached hydrogens (tertiary/aromatic N) is 2. The molecule has 1 heterocycles. The van der Waals surface area contributed by atoms with E-state index in [0.717, 1.165) is 27.9 Å². The van der Waals surface area contributed by atoms with E-state index in [9.17, 15) is 4.79 Å². The van der Waals surface area contributed by atoms with Crippen LogP contribution < -0.4 is 9.75 Å². The fraction of sp³-hybridized carbons (Fsp3) is 0.238. The highest BCUT2D eigenvalue weighted by molar-refractivity contribution is 9.10. The molecule has 0 bridgehead atoms. The van der Waals surface area contributed by atoms with Crippen LogP contribution in [-0.2, 0) is 4.79 Å². The molecule has 134 valence electrons. The van der Waals surface area contributed by atoms with Crippen LogP contribution in [0.3, 0.4) is 0 Å². The molecule has 2 aromatic rings. The number of carbonyl (C=O) groups is 1. The Morgan fingerprint density at radius 3 is 2.62 bits per heavy atom. The summed E-state index contributed by atoms with van der Waals surface area (Å²) in [6.45, 7) is 5.98. The minimum Gasteiger partial charge on any atom is -0.490 e. The van der Waals surface area contributed by atoms with E-state index in [2.05, 4.69) is 28.0 Å². The van der Waals surface area contributed by atoms with E-state index in [1.807, 2.05) is 68.5 Å². The fourth-order valence-corrected chi connectivity index (χ4v) is 3.09. The highest BCUT2D eigenvalue weighted by Gasteiger charge is 2.28. The molecule has 26 heavy (non-hydrogen) atoms. The first-order valence-electron chi connectivity index (χ1n) is 8.62. The van der Waals surface area contributed by atoms with E-state index in [1.165, 1.54) is 5.01 Å². The van der Waals surface area contributed by atoms with E-state index in [0.29, 0.717) is 11.3 Å². The number of amides is 1. The SMILES string of the molecule is CCC(C)Oc1ccc(C=C2C(=O)N(c3ccccc3)N=C2C)cc1Br. The number of hydrogen-bond acceptors (Lipinski definition) is 3. The predicted octanol–water partition coefficient (Wildman–Crippen LogP) is 5.43. The molecular weight excluding hydrogens is 392 g/mol. The lowest BCUT2D eigenvalue weighted by atomic mass is 10.1. The fourth-order valence-electron chi connectivity index (χ4n) is 2.60. The van der Waals surface area contributed by atoms with Crippen molar-refractivity contribution in [2.75, 3.05) is 5.01 Å². The number of hydrogen-bond donors (Lipinski definition) is 0. The van der Waals surface area contributed by atoms with Gasteiger partial charge in [-0.25, -0.2) is 0 Å². The minimum atomic E-state index is -0.121. The number of hydrazone groups is 1. The van der Waals surface area contributed by atoms with Crippen molar-refractivity contribution in [2.45, 2.75) is 33.3 Å². The van der Waals surface area contributed by atoms with Crippen molar-refractivity contribution in [1.82, 2.24) is 0 Å². The van der Waals surface area contributed by atoms with Gasteiger partial charge in [-0.2, -0.15) is 10.1 Å². The quantitative estimate of drug-likeness (QED) is 0.614. The van der Waals surface area contributed by atoms with Crippen molar-refractivity contribution in [3.63, 3.8) is 0 Å². The summed E-state index contributed by atoms with van der Waals surface area (Å²) in [6, 6.07) is 15.3. The van der Waals surface area contributed by atoms with Crippen LogP contribution in [0.15, 0.2) is 63.7 Å². The molecule has 1 amide bonds. The molecular formula is C21H21BrN2O2. The van der Waals surface area contributed by atoms with Gasteiger partial charge >= 0.3 is 0 Å². The zero-order valence-electron chi connectivity index (χ0n) is 15.1. The Morgan fingerprint density at radius 1 is 1.23 bits per heavy atom. The molecule has 1 aliphatic rings. The number of halogens is 1. The standard InChI is InChI=1S/C21H21BrN2O2/c1-4-14(2)26-20-11-10-16(13-19(20)22)12-18-15(3)23-24(21(18)25)17-8-6-5-7-9-17/h5-14H,4H2,1-3H3. The van der Waals surface area contributed by atoms with E-state index in [4.69, 9.17) is 4.74 Å². The van der Waals surface area contributed by atoms with Gasteiger partial charge < -0.3 is 4.74 Å². The van der Waals surface area contributed by atoms with Crippen LogP contribution >= 0.6 is 15.9 Å². The number of rotatable bonds is 5. The Bertz CT molecular complexity index is 875. The molecule has 5 heteroatoms. The molecule has 2 aromatic carbocycles. The maximum Gasteiger partial charge on any atom is 0.280 e. The number of carbonyl (C=O) groups excluding carboxylic acids is 1. The highest BCUT2D eigenvalue weighted by Crippen LogP contribution is 2.30. The maximum atomic E-state index is 12.8. The Balaban J connectivity index is 1.85. The van der Waals surface area contributed by atoms with Gasteiger partial charge in [0.2, 0.25) is 0 Å². The van der Waals surface area contributed by atoms with Crippen molar-refractivity contribution in [1.29, 1.82) is 0 Å². The van der Waals surface area contributed by atoms with E-state index < -0.39 is 0 Å². The van der Waals surface area contributed by atoms with Crippen LogP contribution in [0.5, 0.6) is 5.75 Å². The van der Waals surface area contributed by atoms with Gasteiger partial charge in [-0.15, -0.1) is 0 Å². The van der Waals surface area contributed by atoms with Crippen LogP contribution in [-0.4, -0.2) is 17.7 Å². The second-order valence-corrected chi connectivity index (χ2v) is 7.08. The van der Waals surface area contributed by atoms with Gasteiger partial charge in [-0.3, -0.25) is 4.79 Å². The second kappa shape index (κ2) is 7.87. The lowest BCUT2D eigenvalue weighted by Gasteiger charge is -2.14. The number of anilines is 1. The third kappa shape index (κ3) is 3.88. The van der Waals surface area contributed by atoms with E-state index in [-0.39, 0.29) is 12.0 Å². The van der Waals surface area contributed by atoms with Gasteiger partial charge in [0.05, 0.1) is 27.5 Å². The normalized spacial score (nSPS) is 16.8. The Kier molecular flexibility index (Phi) is 5.57. The zero-order valence-corrected chi connectivity index (χ0v) is 16.7. The molecule has 0 radical (unpaired) electrons. The average Bonchev–Trinajstić information content (AvgIpc) is 2.92. The number of ether oxygens (including phenoxy) is 1. The molecule has 0 N–H and O–H groups in total. The molecule has 0 aromatic heterocycles. The topological polar surface area (TPSA) is 41.9 Å². The summed E-state index contributed by atoms with van der Waals surface area (Å²) >= 11 is 3.55. The molecule has 4 nitrogen and oxygen atoms in total. The smallest absolute Gasteiger partial charge is 0.280 e. The summed E-state index contributed by atoms with van der Waals surface area (Å²) in [4.78, 5) is 12.8. The lowest BCUT2D eigenvalue weighted by Crippen LogP contribution is -2.21. The molecule has 0 saturated carbocycles. The summed E-state index contributed by atoms with van der Waals surface area (Å²) in [7, 11) is 0. The Hall–Kier alpha value is -2.40. The highest BCUT2D eigenvalue weighted by atomic mass is 79.9. The molecule has 1 aliphatic heterocycles. The average molecular weight is 413 g/mol. The van der Waals surface area contributed by atoms with Crippen LogP contribution in [0.25, 0.3) is 6.08 Å². The van der Waals surface area contributed by atoms with Crippen LogP contribution in [0, 0.1) is 0 Å².